The van der Waals surface area contributed by atoms with Gasteiger partial charge in [0, 0.05) is 17.6 Å². The van der Waals surface area contributed by atoms with Crippen molar-refractivity contribution in [2.24, 2.45) is 5.73 Å². The minimum absolute atomic E-state index is 0.240. The summed E-state index contributed by atoms with van der Waals surface area (Å²) in [5.74, 6) is 0. The maximum Gasteiger partial charge on any atom is 0.404 e. The summed E-state index contributed by atoms with van der Waals surface area (Å²) in [6.45, 7) is 2.99. The zero-order valence-corrected chi connectivity index (χ0v) is 11.2. The van der Waals surface area contributed by atoms with Crippen molar-refractivity contribution in [3.8, 4) is 0 Å². The molecule has 4 nitrogen and oxygen atoms in total. The summed E-state index contributed by atoms with van der Waals surface area (Å²) in [5, 5.41) is 4.06. The predicted molar refractivity (Wildman–Crippen MR) is 72.6 cm³/mol. The Morgan fingerprint density at radius 2 is 2.11 bits per heavy atom. The third-order valence-corrected chi connectivity index (χ3v) is 2.84. The van der Waals surface area contributed by atoms with Gasteiger partial charge in [-0.15, -0.1) is 0 Å². The Morgan fingerprint density at radius 3 is 2.67 bits per heavy atom. The van der Waals surface area contributed by atoms with Crippen LogP contribution >= 0.6 is 11.6 Å². The van der Waals surface area contributed by atoms with E-state index in [2.05, 4.69) is 17.0 Å². The largest absolute Gasteiger partial charge is 0.448 e. The van der Waals surface area contributed by atoms with Gasteiger partial charge in [-0.2, -0.15) is 0 Å². The first-order valence-electron chi connectivity index (χ1n) is 6.04. The van der Waals surface area contributed by atoms with Gasteiger partial charge < -0.3 is 15.8 Å². The van der Waals surface area contributed by atoms with Crippen molar-refractivity contribution >= 4 is 17.7 Å². The highest BCUT2D eigenvalue weighted by molar-refractivity contribution is 6.30. The van der Waals surface area contributed by atoms with Gasteiger partial charge in [0.1, 0.15) is 6.61 Å². The smallest absolute Gasteiger partial charge is 0.404 e. The Bertz CT molecular complexity index is 368. The van der Waals surface area contributed by atoms with Crippen molar-refractivity contribution in [2.75, 3.05) is 13.2 Å². The molecule has 0 saturated carbocycles. The van der Waals surface area contributed by atoms with Crippen molar-refractivity contribution in [2.45, 2.75) is 25.8 Å². The topological polar surface area (TPSA) is 64.3 Å². The van der Waals surface area contributed by atoms with Gasteiger partial charge in [0.25, 0.3) is 0 Å². The number of hydrogen-bond acceptors (Lipinski definition) is 3. The monoisotopic (exact) mass is 270 g/mol. The average Bonchev–Trinajstić information content (AvgIpc) is 2.34. The van der Waals surface area contributed by atoms with Crippen LogP contribution in [0.3, 0.4) is 0 Å². The summed E-state index contributed by atoms with van der Waals surface area (Å²) in [5.41, 5.74) is 6.07. The minimum atomic E-state index is -0.740. The molecule has 0 fully saturated rings. The van der Waals surface area contributed by atoms with Gasteiger partial charge in [-0.3, -0.25) is 0 Å². The highest BCUT2D eigenvalue weighted by Gasteiger charge is 2.09. The van der Waals surface area contributed by atoms with E-state index in [4.69, 9.17) is 17.3 Å². The molecule has 3 N–H and O–H groups in total. The number of rotatable bonds is 7. The van der Waals surface area contributed by atoms with Crippen LogP contribution in [0.5, 0.6) is 0 Å². The zero-order chi connectivity index (χ0) is 13.4. The third-order valence-electron chi connectivity index (χ3n) is 2.59. The molecular formula is C13H19ClN2O2. The van der Waals surface area contributed by atoms with E-state index in [0.717, 1.165) is 17.9 Å². The van der Waals surface area contributed by atoms with Crippen LogP contribution in [0.1, 0.15) is 31.4 Å². The number of benzene rings is 1. The number of nitrogens with one attached hydrogen (secondary N) is 1. The van der Waals surface area contributed by atoms with E-state index < -0.39 is 6.09 Å². The second-order valence-electron chi connectivity index (χ2n) is 4.01. The molecule has 1 aromatic carbocycles. The van der Waals surface area contributed by atoms with E-state index in [1.54, 1.807) is 0 Å². The zero-order valence-electron chi connectivity index (χ0n) is 10.5. The van der Waals surface area contributed by atoms with Gasteiger partial charge in [0.05, 0.1) is 0 Å². The lowest BCUT2D eigenvalue weighted by atomic mass is 10.0. The van der Waals surface area contributed by atoms with Gasteiger partial charge in [0.2, 0.25) is 0 Å². The van der Waals surface area contributed by atoms with E-state index in [0.29, 0.717) is 6.54 Å². The molecule has 5 heteroatoms. The van der Waals surface area contributed by atoms with Crippen LogP contribution in [0.25, 0.3) is 0 Å². The standard InChI is InChI=1S/C13H19ClN2O2/c1-2-3-12(16-8-9-18-13(15)17)10-4-6-11(14)7-5-10/h4-7,12,16H,2-3,8-9H2,1H3,(H2,15,17). The first-order chi connectivity index (χ1) is 8.63. The second kappa shape index (κ2) is 7.95. The Kier molecular flexibility index (Phi) is 6.54. The van der Waals surface area contributed by atoms with Crippen molar-refractivity contribution < 1.29 is 9.53 Å². The van der Waals surface area contributed by atoms with Gasteiger partial charge in [-0.05, 0) is 24.1 Å². The number of amides is 1. The molecule has 0 spiro atoms. The number of carbonyl (C=O) groups excluding carboxylic acids is 1. The molecule has 0 heterocycles. The van der Waals surface area contributed by atoms with Crippen LogP contribution in [-0.2, 0) is 4.74 Å². The first kappa shape index (κ1) is 14.8. The van der Waals surface area contributed by atoms with Crippen LogP contribution in [0, 0.1) is 0 Å². The number of carbonyl (C=O) groups is 1. The molecule has 0 aromatic heterocycles. The Labute approximate surface area is 112 Å². The molecule has 0 aliphatic rings. The normalized spacial score (nSPS) is 12.1. The number of halogens is 1. The fourth-order valence-corrected chi connectivity index (χ4v) is 1.88. The summed E-state index contributed by atoms with van der Waals surface area (Å²) in [7, 11) is 0. The van der Waals surface area contributed by atoms with E-state index >= 15 is 0 Å². The summed E-state index contributed by atoms with van der Waals surface area (Å²) in [6, 6.07) is 8.00. The van der Waals surface area contributed by atoms with E-state index in [1.165, 1.54) is 5.56 Å². The Balaban J connectivity index is 2.48. The van der Waals surface area contributed by atoms with Crippen LogP contribution < -0.4 is 11.1 Å². The van der Waals surface area contributed by atoms with Gasteiger partial charge in [0.15, 0.2) is 0 Å². The molecule has 1 amide bonds. The highest BCUT2D eigenvalue weighted by Crippen LogP contribution is 2.20. The molecule has 18 heavy (non-hydrogen) atoms. The summed E-state index contributed by atoms with van der Waals surface area (Å²) < 4.78 is 4.68. The van der Waals surface area contributed by atoms with Gasteiger partial charge >= 0.3 is 6.09 Å². The SMILES string of the molecule is CCCC(NCCOC(N)=O)c1ccc(Cl)cc1. The third kappa shape index (κ3) is 5.38. The molecule has 0 radical (unpaired) electrons. The molecule has 0 bridgehead atoms. The van der Waals surface area contributed by atoms with Crippen molar-refractivity contribution in [3.63, 3.8) is 0 Å². The molecule has 1 atom stereocenters. The average molecular weight is 271 g/mol. The van der Waals surface area contributed by atoms with Gasteiger partial charge in [-0.1, -0.05) is 37.1 Å². The summed E-state index contributed by atoms with van der Waals surface area (Å²) in [4.78, 5) is 10.4. The van der Waals surface area contributed by atoms with Gasteiger partial charge in [-0.25, -0.2) is 4.79 Å². The van der Waals surface area contributed by atoms with E-state index in [-0.39, 0.29) is 12.6 Å². The van der Waals surface area contributed by atoms with Crippen LogP contribution in [-0.4, -0.2) is 19.2 Å². The van der Waals surface area contributed by atoms with Crippen LogP contribution in [0.15, 0.2) is 24.3 Å². The Hall–Kier alpha value is -1.26. The quantitative estimate of drug-likeness (QED) is 0.749. The van der Waals surface area contributed by atoms with Crippen LogP contribution in [0.4, 0.5) is 4.79 Å². The van der Waals surface area contributed by atoms with Crippen molar-refractivity contribution in [1.29, 1.82) is 0 Å². The predicted octanol–water partition coefficient (Wildman–Crippen LogP) is 2.87. The maximum absolute atomic E-state index is 10.4. The molecule has 1 unspecified atom stereocenters. The Morgan fingerprint density at radius 1 is 1.44 bits per heavy atom. The number of ether oxygens (including phenoxy) is 1. The second-order valence-corrected chi connectivity index (χ2v) is 4.45. The number of primary amides is 1. The fourth-order valence-electron chi connectivity index (χ4n) is 1.76. The fraction of sp³-hybridized carbons (Fsp3) is 0.462. The lowest BCUT2D eigenvalue weighted by Gasteiger charge is -2.18. The summed E-state index contributed by atoms with van der Waals surface area (Å²) >= 11 is 5.86. The molecule has 1 rings (SSSR count). The van der Waals surface area contributed by atoms with Crippen LogP contribution in [0.2, 0.25) is 5.02 Å². The van der Waals surface area contributed by atoms with E-state index in [1.807, 2.05) is 24.3 Å². The van der Waals surface area contributed by atoms with Crippen molar-refractivity contribution in [1.82, 2.24) is 5.32 Å². The molecular weight excluding hydrogens is 252 g/mol. The highest BCUT2D eigenvalue weighted by atomic mass is 35.5. The minimum Gasteiger partial charge on any atom is -0.448 e. The van der Waals surface area contributed by atoms with Crippen molar-refractivity contribution in [3.05, 3.63) is 34.9 Å². The lowest BCUT2D eigenvalue weighted by molar-refractivity contribution is 0.156. The molecule has 100 valence electrons. The lowest BCUT2D eigenvalue weighted by Crippen LogP contribution is -2.27. The van der Waals surface area contributed by atoms with E-state index in [9.17, 15) is 4.79 Å². The molecule has 0 aliphatic carbocycles. The number of nitrogens with two attached hydrogens (primary N) is 1. The molecule has 1 aromatic rings. The first-order valence-corrected chi connectivity index (χ1v) is 6.42. The summed E-state index contributed by atoms with van der Waals surface area (Å²) in [6.07, 6.45) is 1.34. The number of hydrogen-bond donors (Lipinski definition) is 2. The molecule has 0 aliphatic heterocycles. The maximum atomic E-state index is 10.4. The molecule has 0 saturated heterocycles.